The largest absolute Gasteiger partial charge is 0.456 e. The second-order valence-electron chi connectivity index (χ2n) is 12.9. The molecule has 0 radical (unpaired) electrons. The minimum absolute atomic E-state index is 0.899. The van der Waals surface area contributed by atoms with E-state index in [1.165, 1.54) is 66.0 Å². The molecule has 1 aliphatic carbocycles. The number of fused-ring (bicyclic) bond motifs is 7. The highest BCUT2D eigenvalue weighted by molar-refractivity contribution is 6.22. The van der Waals surface area contributed by atoms with E-state index in [2.05, 4.69) is 151 Å². The lowest BCUT2D eigenvalue weighted by Crippen LogP contribution is -2.03. The number of nitrogens with zero attached hydrogens (tertiary/aromatic N) is 2. The first-order chi connectivity index (χ1) is 23.7. The van der Waals surface area contributed by atoms with Crippen LogP contribution in [0.25, 0.3) is 88.3 Å². The maximum absolute atomic E-state index is 6.38. The van der Waals surface area contributed by atoms with Gasteiger partial charge in [-0.25, -0.2) is 4.98 Å². The standard InChI is InChI=1S/C45H32N2O/c1-2-43-46-39-17-9-10-18-40(39)47(43)32-22-19-28(20-23-32)44-33-13-5-7-15-35(33)45(36-16-8-6-14-34(36)44)31-21-24-41-37(26-31)38-25-29-11-3-4-12-30(29)27-42(38)48-41/h3-8,10-16,18-27H,2,9,17H2,1H3. The van der Waals surface area contributed by atoms with Crippen LogP contribution in [-0.4, -0.2) is 9.55 Å². The van der Waals surface area contributed by atoms with Gasteiger partial charge in [-0.05, 0) is 110 Å². The summed E-state index contributed by atoms with van der Waals surface area (Å²) in [5.41, 5.74) is 10.4. The van der Waals surface area contributed by atoms with Gasteiger partial charge in [0.15, 0.2) is 0 Å². The van der Waals surface area contributed by atoms with Crippen molar-refractivity contribution >= 4 is 60.3 Å². The molecule has 7 aromatic carbocycles. The fraction of sp³-hybridized carbons (Fsp3) is 0.0889. The minimum atomic E-state index is 0.899. The summed E-state index contributed by atoms with van der Waals surface area (Å²) in [6, 6.07) is 46.5. The van der Waals surface area contributed by atoms with E-state index in [9.17, 15) is 0 Å². The van der Waals surface area contributed by atoms with Crippen LogP contribution < -0.4 is 0 Å². The van der Waals surface area contributed by atoms with Crippen LogP contribution in [0.3, 0.4) is 0 Å². The summed E-state index contributed by atoms with van der Waals surface area (Å²) in [6.07, 6.45) is 7.48. The maximum Gasteiger partial charge on any atom is 0.136 e. The summed E-state index contributed by atoms with van der Waals surface area (Å²) in [5, 5.41) is 9.70. The second kappa shape index (κ2) is 10.5. The Labute approximate surface area is 278 Å². The summed E-state index contributed by atoms with van der Waals surface area (Å²) in [7, 11) is 0. The predicted octanol–water partition coefficient (Wildman–Crippen LogP) is 12.1. The van der Waals surface area contributed by atoms with Crippen LogP contribution >= 0.6 is 0 Å². The Morgan fingerprint density at radius 1 is 0.604 bits per heavy atom. The normalized spacial score (nSPS) is 12.9. The number of aromatic nitrogens is 2. The summed E-state index contributed by atoms with van der Waals surface area (Å²) in [5.74, 6) is 1.12. The van der Waals surface area contributed by atoms with Crippen LogP contribution in [0.2, 0.25) is 0 Å². The van der Waals surface area contributed by atoms with Gasteiger partial charge in [-0.1, -0.05) is 104 Å². The first-order valence-electron chi connectivity index (χ1n) is 16.9. The van der Waals surface area contributed by atoms with E-state index in [1.807, 2.05) is 0 Å². The molecule has 0 fully saturated rings. The molecule has 9 aromatic rings. The van der Waals surface area contributed by atoms with Gasteiger partial charge in [0.2, 0.25) is 0 Å². The highest BCUT2D eigenvalue weighted by Crippen LogP contribution is 2.45. The molecule has 0 spiro atoms. The number of aryl methyl sites for hydroxylation is 2. The van der Waals surface area contributed by atoms with E-state index in [0.29, 0.717) is 0 Å². The Kier molecular flexibility index (Phi) is 5.98. The predicted molar refractivity (Wildman–Crippen MR) is 201 cm³/mol. The molecule has 0 saturated carbocycles. The first-order valence-corrected chi connectivity index (χ1v) is 16.9. The summed E-state index contributed by atoms with van der Waals surface area (Å²) < 4.78 is 8.72. The number of benzene rings is 7. The van der Waals surface area contributed by atoms with Gasteiger partial charge in [0.1, 0.15) is 17.0 Å². The first kappa shape index (κ1) is 27.2. The van der Waals surface area contributed by atoms with E-state index >= 15 is 0 Å². The van der Waals surface area contributed by atoms with Crippen LogP contribution in [0, 0.1) is 0 Å². The summed E-state index contributed by atoms with van der Waals surface area (Å²) in [4.78, 5) is 5.00. The smallest absolute Gasteiger partial charge is 0.136 e. The molecule has 0 N–H and O–H groups in total. The fourth-order valence-electron chi connectivity index (χ4n) is 7.97. The molecule has 0 aliphatic heterocycles. The molecule has 0 unspecified atom stereocenters. The average Bonchev–Trinajstić information content (AvgIpc) is 3.70. The van der Waals surface area contributed by atoms with Crippen molar-refractivity contribution in [3.8, 4) is 27.9 Å². The lowest BCUT2D eigenvalue weighted by molar-refractivity contribution is 0.669. The van der Waals surface area contributed by atoms with Crippen molar-refractivity contribution in [3.63, 3.8) is 0 Å². The topological polar surface area (TPSA) is 31.0 Å². The molecule has 2 aromatic heterocycles. The van der Waals surface area contributed by atoms with Gasteiger partial charge in [0, 0.05) is 22.9 Å². The lowest BCUT2D eigenvalue weighted by atomic mass is 9.85. The minimum Gasteiger partial charge on any atom is -0.456 e. The van der Waals surface area contributed by atoms with Crippen molar-refractivity contribution in [1.29, 1.82) is 0 Å². The molecular weight excluding hydrogens is 585 g/mol. The van der Waals surface area contributed by atoms with E-state index in [1.54, 1.807) is 0 Å². The molecule has 228 valence electrons. The second-order valence-corrected chi connectivity index (χ2v) is 12.9. The van der Waals surface area contributed by atoms with Gasteiger partial charge < -0.3 is 4.42 Å². The highest BCUT2D eigenvalue weighted by Gasteiger charge is 2.20. The van der Waals surface area contributed by atoms with Crippen LogP contribution in [-0.2, 0) is 12.8 Å². The Morgan fingerprint density at radius 2 is 1.21 bits per heavy atom. The lowest BCUT2D eigenvalue weighted by Gasteiger charge is -2.18. The Hall–Kier alpha value is -5.93. The molecule has 2 heterocycles. The quantitative estimate of drug-likeness (QED) is 0.184. The van der Waals surface area contributed by atoms with Crippen LogP contribution in [0.5, 0.6) is 0 Å². The van der Waals surface area contributed by atoms with Crippen LogP contribution in [0.4, 0.5) is 0 Å². The number of furan rings is 1. The molecule has 0 atom stereocenters. The third kappa shape index (κ3) is 4.04. The third-order valence-corrected chi connectivity index (χ3v) is 10.2. The number of allylic oxidation sites excluding steroid dienone is 1. The number of imidazole rings is 1. The molecule has 3 nitrogen and oxygen atoms in total. The van der Waals surface area contributed by atoms with Gasteiger partial charge in [0.05, 0.1) is 11.4 Å². The summed E-state index contributed by atoms with van der Waals surface area (Å²) in [6.45, 7) is 2.19. The zero-order valence-electron chi connectivity index (χ0n) is 26.7. The molecular formula is C45H32N2O. The van der Waals surface area contributed by atoms with Gasteiger partial charge in [-0.3, -0.25) is 4.57 Å². The highest BCUT2D eigenvalue weighted by atomic mass is 16.3. The SMILES string of the molecule is CCc1nc2c(n1-c1ccc(-c3c4ccccc4c(-c4ccc5oc6cc7ccccc7cc6c5c4)c4ccccc34)cc1)C=CCC2. The van der Waals surface area contributed by atoms with Gasteiger partial charge in [-0.2, -0.15) is 0 Å². The van der Waals surface area contributed by atoms with Crippen molar-refractivity contribution in [3.05, 3.63) is 151 Å². The number of hydrogen-bond donors (Lipinski definition) is 0. The Balaban J connectivity index is 1.18. The van der Waals surface area contributed by atoms with Gasteiger partial charge in [-0.15, -0.1) is 0 Å². The summed E-state index contributed by atoms with van der Waals surface area (Å²) >= 11 is 0. The van der Waals surface area contributed by atoms with Crippen LogP contribution in [0.15, 0.2) is 138 Å². The van der Waals surface area contributed by atoms with Crippen LogP contribution in [0.1, 0.15) is 30.6 Å². The van der Waals surface area contributed by atoms with Crippen molar-refractivity contribution < 1.29 is 4.42 Å². The molecule has 0 bridgehead atoms. The number of hydrogen-bond acceptors (Lipinski definition) is 2. The van der Waals surface area contributed by atoms with Crippen molar-refractivity contribution in [2.24, 2.45) is 0 Å². The third-order valence-electron chi connectivity index (χ3n) is 10.2. The molecule has 1 aliphatic rings. The maximum atomic E-state index is 6.38. The fourth-order valence-corrected chi connectivity index (χ4v) is 7.97. The zero-order chi connectivity index (χ0) is 31.8. The molecule has 48 heavy (non-hydrogen) atoms. The van der Waals surface area contributed by atoms with Gasteiger partial charge >= 0.3 is 0 Å². The molecule has 0 amide bonds. The van der Waals surface area contributed by atoms with Gasteiger partial charge in [0.25, 0.3) is 0 Å². The van der Waals surface area contributed by atoms with E-state index in [-0.39, 0.29) is 0 Å². The van der Waals surface area contributed by atoms with E-state index in [4.69, 9.17) is 9.40 Å². The van der Waals surface area contributed by atoms with E-state index < -0.39 is 0 Å². The number of rotatable bonds is 4. The molecule has 3 heteroatoms. The molecule has 10 rings (SSSR count). The molecule has 0 saturated heterocycles. The average molecular weight is 617 g/mol. The Morgan fingerprint density at radius 3 is 1.90 bits per heavy atom. The van der Waals surface area contributed by atoms with Crippen molar-refractivity contribution in [2.45, 2.75) is 26.2 Å². The van der Waals surface area contributed by atoms with Crippen molar-refractivity contribution in [2.75, 3.05) is 0 Å². The monoisotopic (exact) mass is 616 g/mol. The Bertz CT molecular complexity index is 2700. The zero-order valence-corrected chi connectivity index (χ0v) is 26.7. The van der Waals surface area contributed by atoms with Crippen molar-refractivity contribution in [1.82, 2.24) is 9.55 Å². The van der Waals surface area contributed by atoms with E-state index in [0.717, 1.165) is 52.7 Å².